The molecule has 6 atom stereocenters. The summed E-state index contributed by atoms with van der Waals surface area (Å²) in [6, 6.07) is 0.944. The Morgan fingerprint density at radius 2 is 1.35 bits per heavy atom. The van der Waals surface area contributed by atoms with Crippen LogP contribution in [0.5, 0.6) is 0 Å². The van der Waals surface area contributed by atoms with Crippen LogP contribution >= 0.6 is 0 Å². The van der Waals surface area contributed by atoms with Crippen molar-refractivity contribution in [1.82, 2.24) is 31.5 Å². The maximum Gasteiger partial charge on any atom is 0.305 e. The lowest BCUT2D eigenvalue weighted by atomic mass is 10.00. The van der Waals surface area contributed by atoms with Gasteiger partial charge in [0.1, 0.15) is 30.2 Å². The fraction of sp³-hybridized carbons (Fsp3) is 0.588. The van der Waals surface area contributed by atoms with Crippen LogP contribution in [0.25, 0.3) is 0 Å². The number of carboxylic acids is 1. The molecule has 1 aromatic rings. The van der Waals surface area contributed by atoms with Crippen molar-refractivity contribution in [1.29, 1.82) is 0 Å². The molecule has 0 saturated carbocycles. The van der Waals surface area contributed by atoms with Gasteiger partial charge >= 0.3 is 5.97 Å². The summed E-state index contributed by atoms with van der Waals surface area (Å²) in [7, 11) is 1.21. The quantitative estimate of drug-likeness (QED) is 0.0719. The zero-order chi connectivity index (χ0) is 39.9. The highest BCUT2D eigenvalue weighted by molar-refractivity contribution is 5.98. The number of hydrogen-bond acceptors (Lipinski definition) is 10. The highest BCUT2D eigenvalue weighted by atomic mass is 16.5. The second-order valence-corrected chi connectivity index (χ2v) is 13.7. The third-order valence-electron chi connectivity index (χ3n) is 7.63. The molecule has 0 bridgehead atoms. The summed E-state index contributed by atoms with van der Waals surface area (Å²) < 4.78 is 5.64. The zero-order valence-electron chi connectivity index (χ0n) is 31.0. The van der Waals surface area contributed by atoms with Gasteiger partial charge in [0.2, 0.25) is 41.4 Å². The Balaban J connectivity index is 3.30. The van der Waals surface area contributed by atoms with Crippen molar-refractivity contribution < 1.29 is 48.2 Å². The molecule has 0 radical (unpaired) electrons. The Morgan fingerprint density at radius 1 is 0.788 bits per heavy atom. The Kier molecular flexibility index (Phi) is 17.9. The highest BCUT2D eigenvalue weighted by Crippen LogP contribution is 2.11. The Labute approximate surface area is 303 Å². The molecule has 10 N–H and O–H groups in total. The first-order valence-electron chi connectivity index (χ1n) is 16.7. The van der Waals surface area contributed by atoms with Crippen molar-refractivity contribution in [2.24, 2.45) is 17.4 Å². The summed E-state index contributed by atoms with van der Waals surface area (Å²) >= 11 is 0. The van der Waals surface area contributed by atoms with Gasteiger partial charge < -0.3 is 52.8 Å². The zero-order valence-corrected chi connectivity index (χ0v) is 31.0. The molecule has 0 aliphatic carbocycles. The van der Waals surface area contributed by atoms with Crippen LogP contribution in [0.2, 0.25) is 0 Å². The van der Waals surface area contributed by atoms with Crippen molar-refractivity contribution in [2.75, 3.05) is 20.2 Å². The van der Waals surface area contributed by atoms with Crippen LogP contribution in [0, 0.1) is 5.92 Å². The molecular formula is C34H54N8O10. The Hall–Kier alpha value is -5.10. The van der Waals surface area contributed by atoms with Crippen molar-refractivity contribution in [3.8, 4) is 0 Å². The van der Waals surface area contributed by atoms with E-state index in [4.69, 9.17) is 16.2 Å². The van der Waals surface area contributed by atoms with E-state index in [-0.39, 0.29) is 13.0 Å². The first-order valence-corrected chi connectivity index (χ1v) is 16.7. The van der Waals surface area contributed by atoms with E-state index in [0.717, 1.165) is 4.90 Å². The maximum absolute atomic E-state index is 13.7. The Bertz CT molecular complexity index is 1430. The van der Waals surface area contributed by atoms with Crippen LogP contribution < -0.4 is 38.1 Å². The minimum absolute atomic E-state index is 0.0665. The average molecular weight is 735 g/mol. The molecule has 7 amide bonds. The van der Waals surface area contributed by atoms with Gasteiger partial charge in [-0.05, 0) is 46.1 Å². The van der Waals surface area contributed by atoms with E-state index in [0.29, 0.717) is 5.56 Å². The predicted octanol–water partition coefficient (Wildman–Crippen LogP) is -2.09. The molecule has 0 heterocycles. The van der Waals surface area contributed by atoms with Gasteiger partial charge in [0.25, 0.3) is 0 Å². The van der Waals surface area contributed by atoms with E-state index >= 15 is 0 Å². The number of amides is 7. The molecular weight excluding hydrogens is 680 g/mol. The molecule has 52 heavy (non-hydrogen) atoms. The third-order valence-corrected chi connectivity index (χ3v) is 7.63. The number of primary amides is 1. The summed E-state index contributed by atoms with van der Waals surface area (Å²) in [6.07, 6.45) is -0.950. The fourth-order valence-electron chi connectivity index (χ4n) is 4.51. The summed E-state index contributed by atoms with van der Waals surface area (Å²) in [4.78, 5) is 103. The van der Waals surface area contributed by atoms with E-state index in [9.17, 15) is 43.5 Å². The summed E-state index contributed by atoms with van der Waals surface area (Å²) in [5.74, 6) is -7.48. The van der Waals surface area contributed by atoms with Gasteiger partial charge in [0.05, 0.1) is 31.2 Å². The fourth-order valence-corrected chi connectivity index (χ4v) is 4.51. The predicted molar refractivity (Wildman–Crippen MR) is 189 cm³/mol. The number of nitrogens with zero attached hydrogens (tertiary/aromatic N) is 1. The third kappa shape index (κ3) is 15.8. The number of nitrogens with two attached hydrogens (primary N) is 2. The minimum atomic E-state index is -1.70. The molecule has 0 spiro atoms. The number of hydrogen-bond donors (Lipinski definition) is 8. The number of carbonyl (C=O) groups is 8. The van der Waals surface area contributed by atoms with Gasteiger partial charge in [0, 0.05) is 13.5 Å². The number of rotatable bonds is 20. The monoisotopic (exact) mass is 734 g/mol. The summed E-state index contributed by atoms with van der Waals surface area (Å²) in [5.41, 5.74) is 10.7. The van der Waals surface area contributed by atoms with Crippen molar-refractivity contribution in [2.45, 2.75) is 103 Å². The number of likely N-dealkylation sites (N-methyl/N-ethyl adjacent to an activating group) is 1. The first kappa shape index (κ1) is 44.9. The van der Waals surface area contributed by atoms with Crippen molar-refractivity contribution in [3.63, 3.8) is 0 Å². The van der Waals surface area contributed by atoms with Crippen LogP contribution in [0.1, 0.15) is 60.5 Å². The van der Waals surface area contributed by atoms with Gasteiger partial charge in [-0.25, -0.2) is 0 Å². The van der Waals surface area contributed by atoms with E-state index in [1.54, 1.807) is 65.0 Å². The molecule has 0 fully saturated rings. The van der Waals surface area contributed by atoms with Gasteiger partial charge in [-0.1, -0.05) is 44.2 Å². The molecule has 1 rings (SSSR count). The largest absolute Gasteiger partial charge is 0.481 e. The first-order chi connectivity index (χ1) is 24.0. The molecule has 290 valence electrons. The van der Waals surface area contributed by atoms with E-state index in [1.165, 1.54) is 20.9 Å². The van der Waals surface area contributed by atoms with Crippen LogP contribution in [0.3, 0.4) is 0 Å². The second-order valence-electron chi connectivity index (χ2n) is 13.7. The minimum Gasteiger partial charge on any atom is -0.481 e. The van der Waals surface area contributed by atoms with Crippen LogP contribution in [0.4, 0.5) is 0 Å². The molecule has 0 aliphatic heterocycles. The van der Waals surface area contributed by atoms with Gasteiger partial charge in [-0.3, -0.25) is 38.4 Å². The number of carbonyl (C=O) groups excluding carboxylic acids is 7. The average Bonchev–Trinajstić information content (AvgIpc) is 3.05. The summed E-state index contributed by atoms with van der Waals surface area (Å²) in [5, 5.41) is 22.0. The molecule has 1 aromatic carbocycles. The normalized spacial score (nSPS) is 14.7. The van der Waals surface area contributed by atoms with Crippen LogP contribution in [0.15, 0.2) is 30.3 Å². The number of ether oxygens (including phenoxy) is 1. The van der Waals surface area contributed by atoms with Crippen molar-refractivity contribution in [3.05, 3.63) is 35.9 Å². The number of carboxylic acid groups (broad SMARTS) is 1. The van der Waals surface area contributed by atoms with Gasteiger partial charge in [0.15, 0.2) is 0 Å². The van der Waals surface area contributed by atoms with Crippen LogP contribution in [-0.2, 0) is 49.5 Å². The van der Waals surface area contributed by atoms with Crippen molar-refractivity contribution >= 4 is 47.3 Å². The van der Waals surface area contributed by atoms with Gasteiger partial charge in [-0.15, -0.1) is 0 Å². The molecule has 18 heteroatoms. The summed E-state index contributed by atoms with van der Waals surface area (Å²) in [6.45, 7) is 10.5. The van der Waals surface area contributed by atoms with Crippen LogP contribution in [-0.4, -0.2) is 119 Å². The molecule has 0 saturated heterocycles. The van der Waals surface area contributed by atoms with Gasteiger partial charge in [-0.2, -0.15) is 0 Å². The lowest BCUT2D eigenvalue weighted by molar-refractivity contribution is -0.146. The standard InChI is InChI=1S/C34H54N8O10/c1-18(2)27(41-28(46)19(3)35)32(50)38-22(14-21-12-10-9-11-13-21)31(49)39-23(15-26(44)45)33(51)42(8)20(4)29(47)40-24(17-52-34(5,6)7)30(48)37-16-25(36)43/h9-13,18-20,22-24,27H,14-17,35H2,1-8H3,(H2,36,43)(H,37,48)(H,38,50)(H,39,49)(H,40,47)(H,41,46)(H,44,45)/t19-,20-,22-,23-,24-,27-/m0/s1. The molecule has 0 aromatic heterocycles. The van der Waals surface area contributed by atoms with E-state index in [2.05, 4.69) is 26.6 Å². The number of benzene rings is 1. The smallest absolute Gasteiger partial charge is 0.305 e. The lowest BCUT2D eigenvalue weighted by Crippen LogP contribution is -2.60. The highest BCUT2D eigenvalue weighted by Gasteiger charge is 2.36. The molecule has 0 aliphatic rings. The maximum atomic E-state index is 13.7. The Morgan fingerprint density at radius 3 is 1.85 bits per heavy atom. The SMILES string of the molecule is CC(C)[C@H](NC(=O)[C@H](C)N)C(=O)N[C@@H](Cc1ccccc1)C(=O)N[C@@H](CC(=O)O)C(=O)N(C)[C@@H](C)C(=O)N[C@@H](COC(C)(C)C)C(=O)NCC(N)=O. The molecule has 18 nitrogen and oxygen atoms in total. The topological polar surface area (TPSA) is 281 Å². The van der Waals surface area contributed by atoms with E-state index < -0.39 is 108 Å². The molecule has 0 unspecified atom stereocenters. The van der Waals surface area contributed by atoms with E-state index in [1.807, 2.05) is 0 Å². The second kappa shape index (κ2) is 20.7. The number of aliphatic carboxylic acids is 1. The lowest BCUT2D eigenvalue weighted by Gasteiger charge is -2.31. The number of nitrogens with one attached hydrogen (secondary N) is 5.